The Balaban J connectivity index is 1.34. The van der Waals surface area contributed by atoms with Gasteiger partial charge in [-0.25, -0.2) is 13.8 Å². The number of piperidine rings is 1. The van der Waals surface area contributed by atoms with E-state index < -0.39 is 23.3 Å². The van der Waals surface area contributed by atoms with Gasteiger partial charge < -0.3 is 10.0 Å². The number of hydrogen-bond acceptors (Lipinski definition) is 4. The second-order valence-electron chi connectivity index (χ2n) is 11.4. The number of hydrogen-bond donors (Lipinski definition) is 1. The highest BCUT2D eigenvalue weighted by atomic mass is 19.1. The van der Waals surface area contributed by atoms with E-state index in [1.54, 1.807) is 29.2 Å². The molecule has 1 atom stereocenters. The summed E-state index contributed by atoms with van der Waals surface area (Å²) in [6.45, 7) is 8.30. The fourth-order valence-corrected chi connectivity index (χ4v) is 5.98. The first-order chi connectivity index (χ1) is 19.2. The van der Waals surface area contributed by atoms with E-state index in [9.17, 15) is 18.7 Å². The lowest BCUT2D eigenvalue weighted by molar-refractivity contribution is -0.131. The molecule has 5 rings (SSSR count). The number of carbonyl (C=O) groups is 1. The third kappa shape index (κ3) is 5.58. The van der Waals surface area contributed by atoms with Gasteiger partial charge in [0.15, 0.2) is 5.54 Å². The summed E-state index contributed by atoms with van der Waals surface area (Å²) in [6.07, 6.45) is 1.27. The molecule has 3 aromatic carbocycles. The van der Waals surface area contributed by atoms with Crippen LogP contribution in [0.2, 0.25) is 0 Å². The van der Waals surface area contributed by atoms with Crippen LogP contribution < -0.4 is 0 Å². The maximum atomic E-state index is 14.3. The third-order valence-electron chi connectivity index (χ3n) is 8.15. The number of aliphatic hydroxyl groups excluding tert-OH is 1. The molecule has 2 heterocycles. The lowest BCUT2D eigenvalue weighted by Gasteiger charge is -2.34. The largest absolute Gasteiger partial charge is 0.390 e. The molecule has 1 amide bonds. The van der Waals surface area contributed by atoms with Crippen molar-refractivity contribution in [1.82, 2.24) is 9.80 Å². The molecule has 2 aliphatic heterocycles. The normalized spacial score (nSPS) is 18.8. The first-order valence-corrected chi connectivity index (χ1v) is 14.1. The summed E-state index contributed by atoms with van der Waals surface area (Å²) in [5.74, 6) is -0.211. The van der Waals surface area contributed by atoms with Crippen LogP contribution >= 0.6 is 0 Å². The Morgan fingerprint density at radius 1 is 0.875 bits per heavy atom. The lowest BCUT2D eigenvalue weighted by atomic mass is 9.82. The van der Waals surface area contributed by atoms with Crippen molar-refractivity contribution >= 4 is 11.7 Å². The zero-order valence-electron chi connectivity index (χ0n) is 23.4. The molecule has 0 aromatic heterocycles. The van der Waals surface area contributed by atoms with E-state index in [4.69, 9.17) is 4.99 Å². The number of halogens is 2. The maximum Gasteiger partial charge on any atom is 0.265 e. The Hall–Kier alpha value is -3.42. The molecule has 1 unspecified atom stereocenters. The molecule has 7 heteroatoms. The number of aliphatic hydroxyl groups is 1. The van der Waals surface area contributed by atoms with E-state index in [0.29, 0.717) is 29.4 Å². The van der Waals surface area contributed by atoms with E-state index in [1.165, 1.54) is 35.4 Å². The summed E-state index contributed by atoms with van der Waals surface area (Å²) in [5.41, 5.74) is 2.14. The van der Waals surface area contributed by atoms with Crippen LogP contribution in [0.25, 0.3) is 0 Å². The van der Waals surface area contributed by atoms with Crippen LogP contribution in [0.5, 0.6) is 0 Å². The summed E-state index contributed by atoms with van der Waals surface area (Å²) in [5, 5.41) is 11.2. The number of β-amino-alcohol motifs (C(OH)–C–C–N with tert-alkyl or cyclic N) is 1. The fraction of sp³-hybridized carbons (Fsp3) is 0.394. The van der Waals surface area contributed by atoms with Gasteiger partial charge in [0.05, 0.1) is 12.6 Å². The average Bonchev–Trinajstić information content (AvgIpc) is 3.23. The topological polar surface area (TPSA) is 56.1 Å². The van der Waals surface area contributed by atoms with E-state index in [1.807, 2.05) is 13.8 Å². The minimum absolute atomic E-state index is 0.0951. The molecule has 1 N–H and O–H groups in total. The third-order valence-corrected chi connectivity index (χ3v) is 8.15. The molecule has 0 saturated carbocycles. The number of rotatable bonds is 8. The van der Waals surface area contributed by atoms with Gasteiger partial charge in [0.1, 0.15) is 17.5 Å². The Morgan fingerprint density at radius 2 is 1.40 bits per heavy atom. The van der Waals surface area contributed by atoms with Gasteiger partial charge in [0, 0.05) is 12.5 Å². The molecule has 0 aliphatic carbocycles. The molecular formula is C33H37F2N3O2. The van der Waals surface area contributed by atoms with E-state index in [0.717, 1.165) is 25.9 Å². The van der Waals surface area contributed by atoms with Crippen LogP contribution in [0.4, 0.5) is 8.78 Å². The second-order valence-corrected chi connectivity index (χ2v) is 11.4. The van der Waals surface area contributed by atoms with Crippen molar-refractivity contribution in [3.05, 3.63) is 107 Å². The number of aliphatic imine (C=N–C) groups is 1. The highest BCUT2D eigenvalue weighted by Gasteiger charge is 2.51. The highest BCUT2D eigenvalue weighted by molar-refractivity contribution is 6.11. The monoisotopic (exact) mass is 545 g/mol. The van der Waals surface area contributed by atoms with Crippen molar-refractivity contribution in [2.45, 2.75) is 51.2 Å². The summed E-state index contributed by atoms with van der Waals surface area (Å²) in [6, 6.07) is 20.2. The van der Waals surface area contributed by atoms with Crippen molar-refractivity contribution in [2.75, 3.05) is 26.2 Å². The Kier molecular flexibility index (Phi) is 8.15. The van der Waals surface area contributed by atoms with Gasteiger partial charge in [-0.05, 0) is 79.7 Å². The number of amides is 1. The van der Waals surface area contributed by atoms with Gasteiger partial charge in [0.2, 0.25) is 0 Å². The Labute approximate surface area is 235 Å². The predicted molar refractivity (Wildman–Crippen MR) is 153 cm³/mol. The standard InChI is InChI=1S/C33H37F2N3O2/c1-22(2)31-36-33(26-8-12-28(34)13-9-26,27-10-14-29(35)15-11-27)32(40)38(31)21-30(39)20-37-18-16-25(17-19-37)24-6-4-23(3)5-7-24/h4-15,22,25,30,39H,16-21H2,1-3H3. The van der Waals surface area contributed by atoms with Gasteiger partial charge in [-0.15, -0.1) is 0 Å². The molecule has 2 aliphatic rings. The number of benzene rings is 3. The number of aryl methyl sites for hydroxylation is 1. The number of carbonyl (C=O) groups excluding carboxylic acids is 1. The predicted octanol–water partition coefficient (Wildman–Crippen LogP) is 5.65. The molecule has 1 saturated heterocycles. The second kappa shape index (κ2) is 11.6. The number of nitrogens with zero attached hydrogens (tertiary/aromatic N) is 3. The first kappa shape index (κ1) is 28.1. The van der Waals surface area contributed by atoms with Crippen LogP contribution in [0.1, 0.15) is 54.9 Å². The summed E-state index contributed by atoms with van der Waals surface area (Å²) < 4.78 is 27.7. The zero-order chi connectivity index (χ0) is 28.4. The number of amidine groups is 1. The van der Waals surface area contributed by atoms with Crippen molar-refractivity contribution in [2.24, 2.45) is 10.9 Å². The van der Waals surface area contributed by atoms with Crippen LogP contribution in [0, 0.1) is 24.5 Å². The quantitative estimate of drug-likeness (QED) is 0.398. The van der Waals surface area contributed by atoms with Crippen LogP contribution in [0.3, 0.4) is 0 Å². The molecule has 5 nitrogen and oxygen atoms in total. The molecule has 0 radical (unpaired) electrons. The molecule has 0 spiro atoms. The van der Waals surface area contributed by atoms with Crippen molar-refractivity contribution in [3.63, 3.8) is 0 Å². The first-order valence-electron chi connectivity index (χ1n) is 14.1. The van der Waals surface area contributed by atoms with Gasteiger partial charge in [-0.1, -0.05) is 67.9 Å². The van der Waals surface area contributed by atoms with E-state index >= 15 is 0 Å². The molecule has 40 heavy (non-hydrogen) atoms. The minimum Gasteiger partial charge on any atom is -0.390 e. The maximum absolute atomic E-state index is 14.3. The highest BCUT2D eigenvalue weighted by Crippen LogP contribution is 2.41. The Morgan fingerprint density at radius 3 is 1.90 bits per heavy atom. The molecule has 1 fully saturated rings. The molecular weight excluding hydrogens is 508 g/mol. The summed E-state index contributed by atoms with van der Waals surface area (Å²) in [4.78, 5) is 23.0. The fourth-order valence-electron chi connectivity index (χ4n) is 5.98. The summed E-state index contributed by atoms with van der Waals surface area (Å²) in [7, 11) is 0. The zero-order valence-corrected chi connectivity index (χ0v) is 23.4. The Bertz CT molecular complexity index is 1300. The molecule has 210 valence electrons. The van der Waals surface area contributed by atoms with Crippen molar-refractivity contribution in [3.8, 4) is 0 Å². The van der Waals surface area contributed by atoms with Crippen molar-refractivity contribution in [1.29, 1.82) is 0 Å². The minimum atomic E-state index is -1.48. The van der Waals surface area contributed by atoms with Gasteiger partial charge >= 0.3 is 0 Å². The smallest absolute Gasteiger partial charge is 0.265 e. The van der Waals surface area contributed by atoms with Gasteiger partial charge in [-0.2, -0.15) is 0 Å². The van der Waals surface area contributed by atoms with E-state index in [-0.39, 0.29) is 18.4 Å². The molecule has 0 bridgehead atoms. The average molecular weight is 546 g/mol. The lowest BCUT2D eigenvalue weighted by Crippen LogP contribution is -2.48. The van der Waals surface area contributed by atoms with E-state index in [2.05, 4.69) is 36.1 Å². The van der Waals surface area contributed by atoms with Gasteiger partial charge in [-0.3, -0.25) is 9.69 Å². The SMILES string of the molecule is Cc1ccc(C2CCN(CC(O)CN3C(=O)C(c4ccc(F)cc4)(c4ccc(F)cc4)N=C3C(C)C)CC2)cc1. The van der Waals surface area contributed by atoms with Crippen molar-refractivity contribution < 1.29 is 18.7 Å². The van der Waals surface area contributed by atoms with Crippen LogP contribution in [-0.4, -0.2) is 58.9 Å². The van der Waals surface area contributed by atoms with Gasteiger partial charge in [0.25, 0.3) is 5.91 Å². The van der Waals surface area contributed by atoms with Crippen LogP contribution in [0.15, 0.2) is 77.8 Å². The molecule has 3 aromatic rings. The summed E-state index contributed by atoms with van der Waals surface area (Å²) >= 11 is 0. The van der Waals surface area contributed by atoms with Crippen LogP contribution in [-0.2, 0) is 10.3 Å². The number of likely N-dealkylation sites (tertiary alicyclic amines) is 1.